The second kappa shape index (κ2) is 8.49. The van der Waals surface area contributed by atoms with Crippen LogP contribution in [0.3, 0.4) is 0 Å². The molecule has 1 saturated heterocycles. The second-order valence-electron chi connectivity index (χ2n) is 7.35. The summed E-state index contributed by atoms with van der Waals surface area (Å²) in [5, 5.41) is 0. The zero-order valence-electron chi connectivity index (χ0n) is 15.7. The van der Waals surface area contributed by atoms with E-state index in [1.54, 1.807) is 6.07 Å². The van der Waals surface area contributed by atoms with Crippen molar-refractivity contribution in [3.05, 3.63) is 59.2 Å². The maximum absolute atomic E-state index is 13.8. The number of hydrogen-bond acceptors (Lipinski definition) is 2. The molecule has 1 atom stereocenters. The van der Waals surface area contributed by atoms with Gasteiger partial charge in [0.1, 0.15) is 5.82 Å². The van der Waals surface area contributed by atoms with Gasteiger partial charge in [-0.3, -0.25) is 4.79 Å². The van der Waals surface area contributed by atoms with Crippen molar-refractivity contribution in [1.29, 1.82) is 0 Å². The number of aryl methyl sites for hydroxylation is 1. The van der Waals surface area contributed by atoms with Gasteiger partial charge in [0, 0.05) is 38.6 Å². The van der Waals surface area contributed by atoms with Crippen molar-refractivity contribution in [1.82, 2.24) is 14.8 Å². The molecule has 0 bridgehead atoms. The second-order valence-corrected chi connectivity index (χ2v) is 7.35. The van der Waals surface area contributed by atoms with Gasteiger partial charge in [-0.25, -0.2) is 4.39 Å². The van der Waals surface area contributed by atoms with E-state index >= 15 is 0 Å². The largest absolute Gasteiger partial charge is 0.365 e. The Bertz CT molecular complexity index is 742. The number of amides is 1. The molecular weight excluding hydrogens is 329 g/mol. The quantitative estimate of drug-likeness (QED) is 0.860. The maximum Gasteiger partial charge on any atom is 0.255 e. The number of carbonyl (C=O) groups is 1. The van der Waals surface area contributed by atoms with Gasteiger partial charge in [0.25, 0.3) is 5.91 Å². The fourth-order valence-corrected chi connectivity index (χ4v) is 3.84. The van der Waals surface area contributed by atoms with E-state index in [0.717, 1.165) is 62.3 Å². The molecule has 1 unspecified atom stereocenters. The summed E-state index contributed by atoms with van der Waals surface area (Å²) in [5.74, 6) is 0.429. The van der Waals surface area contributed by atoms with Crippen molar-refractivity contribution in [2.24, 2.45) is 5.92 Å². The number of H-pyrrole nitrogens is 1. The fraction of sp³-hybridized carbons (Fsp3) is 0.476. The summed E-state index contributed by atoms with van der Waals surface area (Å²) in [5.41, 5.74) is 2.45. The summed E-state index contributed by atoms with van der Waals surface area (Å²) in [6.07, 6.45) is 4.81. The predicted molar refractivity (Wildman–Crippen MR) is 102 cm³/mol. The van der Waals surface area contributed by atoms with Crippen LogP contribution in [0.15, 0.2) is 36.5 Å². The first-order valence-electron chi connectivity index (χ1n) is 9.40. The van der Waals surface area contributed by atoms with Crippen LogP contribution < -0.4 is 0 Å². The normalized spacial score (nSPS) is 18.0. The van der Waals surface area contributed by atoms with Crippen molar-refractivity contribution < 1.29 is 9.18 Å². The van der Waals surface area contributed by atoms with E-state index < -0.39 is 0 Å². The van der Waals surface area contributed by atoms with Gasteiger partial charge in [-0.1, -0.05) is 18.2 Å². The van der Waals surface area contributed by atoms with Gasteiger partial charge in [0.05, 0.1) is 5.56 Å². The monoisotopic (exact) mass is 357 g/mol. The molecule has 26 heavy (non-hydrogen) atoms. The van der Waals surface area contributed by atoms with Gasteiger partial charge < -0.3 is 14.8 Å². The van der Waals surface area contributed by atoms with Gasteiger partial charge >= 0.3 is 0 Å². The molecule has 4 nitrogen and oxygen atoms in total. The molecule has 1 aliphatic heterocycles. The Balaban J connectivity index is 1.51. The van der Waals surface area contributed by atoms with Crippen molar-refractivity contribution in [2.75, 3.05) is 33.2 Å². The first-order valence-corrected chi connectivity index (χ1v) is 9.40. The van der Waals surface area contributed by atoms with E-state index in [-0.39, 0.29) is 11.7 Å². The van der Waals surface area contributed by atoms with Gasteiger partial charge in [0.15, 0.2) is 0 Å². The van der Waals surface area contributed by atoms with Crippen molar-refractivity contribution in [3.63, 3.8) is 0 Å². The highest BCUT2D eigenvalue weighted by molar-refractivity contribution is 5.95. The number of piperidine rings is 1. The molecule has 2 aromatic rings. The topological polar surface area (TPSA) is 39.3 Å². The lowest BCUT2D eigenvalue weighted by atomic mass is 9.96. The lowest BCUT2D eigenvalue weighted by Gasteiger charge is -2.34. The number of nitrogens with one attached hydrogen (secondary N) is 1. The third-order valence-corrected chi connectivity index (χ3v) is 5.32. The Kier molecular flexibility index (Phi) is 6.09. The Morgan fingerprint density at radius 2 is 2.15 bits per heavy atom. The number of aromatic nitrogens is 1. The first-order chi connectivity index (χ1) is 12.5. The lowest BCUT2D eigenvalue weighted by molar-refractivity contribution is 0.0729. The van der Waals surface area contributed by atoms with Crippen molar-refractivity contribution >= 4 is 5.91 Å². The molecule has 1 fully saturated rings. The van der Waals surface area contributed by atoms with E-state index in [1.807, 2.05) is 43.3 Å². The molecule has 1 aromatic carbocycles. The number of benzene rings is 1. The van der Waals surface area contributed by atoms with Crippen LogP contribution in [-0.2, 0) is 6.42 Å². The van der Waals surface area contributed by atoms with Crippen molar-refractivity contribution in [3.8, 4) is 0 Å². The van der Waals surface area contributed by atoms with Crippen molar-refractivity contribution in [2.45, 2.75) is 26.2 Å². The number of likely N-dealkylation sites (tertiary alicyclic amines) is 1. The fourth-order valence-electron chi connectivity index (χ4n) is 3.84. The van der Waals surface area contributed by atoms with E-state index in [2.05, 4.69) is 9.88 Å². The zero-order valence-corrected chi connectivity index (χ0v) is 15.7. The zero-order chi connectivity index (χ0) is 18.5. The third-order valence-electron chi connectivity index (χ3n) is 5.32. The minimum absolute atomic E-state index is 0.0761. The Morgan fingerprint density at radius 1 is 1.35 bits per heavy atom. The highest BCUT2D eigenvalue weighted by atomic mass is 19.1. The van der Waals surface area contributed by atoms with Gasteiger partial charge in [-0.15, -0.1) is 0 Å². The molecule has 3 rings (SSSR count). The molecule has 1 N–H and O–H groups in total. The van der Waals surface area contributed by atoms with Gasteiger partial charge in [-0.05, 0) is 56.3 Å². The maximum atomic E-state index is 13.8. The lowest BCUT2D eigenvalue weighted by Crippen LogP contribution is -2.42. The number of rotatable bonds is 6. The summed E-state index contributed by atoms with van der Waals surface area (Å²) in [4.78, 5) is 19.9. The minimum Gasteiger partial charge on any atom is -0.365 e. The first kappa shape index (κ1) is 18.6. The molecule has 2 heterocycles. The Morgan fingerprint density at radius 3 is 2.88 bits per heavy atom. The predicted octanol–water partition coefficient (Wildman–Crippen LogP) is 3.49. The average molecular weight is 357 g/mol. The molecule has 0 saturated carbocycles. The molecular formula is C21H28FN3O. The van der Waals surface area contributed by atoms with Crippen LogP contribution in [-0.4, -0.2) is 53.9 Å². The minimum atomic E-state index is -0.117. The van der Waals surface area contributed by atoms with Crippen LogP contribution in [0, 0.1) is 18.7 Å². The number of carbonyl (C=O) groups excluding carboxylic acids is 1. The molecule has 1 amide bonds. The number of hydrogen-bond donors (Lipinski definition) is 1. The summed E-state index contributed by atoms with van der Waals surface area (Å²) >= 11 is 0. The number of aromatic amines is 1. The van der Waals surface area contributed by atoms with Crippen LogP contribution in [0.4, 0.5) is 4.39 Å². The van der Waals surface area contributed by atoms with E-state index in [0.29, 0.717) is 5.92 Å². The molecule has 140 valence electrons. The van der Waals surface area contributed by atoms with Crippen LogP contribution in [0.1, 0.15) is 34.5 Å². The molecule has 1 aromatic heterocycles. The van der Waals surface area contributed by atoms with Gasteiger partial charge in [-0.2, -0.15) is 0 Å². The van der Waals surface area contributed by atoms with Crippen LogP contribution in [0.25, 0.3) is 0 Å². The SMILES string of the molecule is Cc1[nH]ccc1C(=O)N(C)CC1CCCN(CCc2ccccc2F)C1. The smallest absolute Gasteiger partial charge is 0.255 e. The number of halogens is 1. The molecule has 5 heteroatoms. The summed E-state index contributed by atoms with van der Waals surface area (Å²) in [6.45, 7) is 5.58. The van der Waals surface area contributed by atoms with Crippen LogP contribution >= 0.6 is 0 Å². The highest BCUT2D eigenvalue weighted by Crippen LogP contribution is 2.19. The summed E-state index contributed by atoms with van der Waals surface area (Å²) in [7, 11) is 1.88. The standard InChI is InChI=1S/C21H28FN3O/c1-16-19(9-11-23-16)21(26)24(2)14-17-6-5-12-25(15-17)13-10-18-7-3-4-8-20(18)22/h3-4,7-9,11,17,23H,5-6,10,12-15H2,1-2H3. The molecule has 1 aliphatic rings. The van der Waals surface area contributed by atoms with E-state index in [1.165, 1.54) is 6.07 Å². The number of nitrogens with zero attached hydrogens (tertiary/aromatic N) is 2. The van der Waals surface area contributed by atoms with E-state index in [4.69, 9.17) is 0 Å². The Labute approximate surface area is 155 Å². The third kappa shape index (κ3) is 4.52. The highest BCUT2D eigenvalue weighted by Gasteiger charge is 2.24. The summed E-state index contributed by atoms with van der Waals surface area (Å²) < 4.78 is 13.8. The van der Waals surface area contributed by atoms with E-state index in [9.17, 15) is 9.18 Å². The molecule has 0 radical (unpaired) electrons. The van der Waals surface area contributed by atoms with Crippen LogP contribution in [0.5, 0.6) is 0 Å². The van der Waals surface area contributed by atoms with Crippen LogP contribution in [0.2, 0.25) is 0 Å². The summed E-state index contributed by atoms with van der Waals surface area (Å²) in [6, 6.07) is 8.85. The molecule has 0 spiro atoms. The molecule has 0 aliphatic carbocycles. The van der Waals surface area contributed by atoms with Gasteiger partial charge in [0.2, 0.25) is 0 Å². The average Bonchev–Trinajstić information content (AvgIpc) is 3.06. The Hall–Kier alpha value is -2.14.